The van der Waals surface area contributed by atoms with Crippen LogP contribution in [0.1, 0.15) is 33.6 Å². The number of ether oxygens (including phenoxy) is 1. The molecule has 4 rings (SSSR count). The van der Waals surface area contributed by atoms with Crippen molar-refractivity contribution in [3.8, 4) is 0 Å². The highest BCUT2D eigenvalue weighted by molar-refractivity contribution is 14.2. The van der Waals surface area contributed by atoms with Crippen molar-refractivity contribution < 1.29 is 9.53 Å². The molecule has 0 aliphatic carbocycles. The molecule has 7 nitrogen and oxygen atoms in total. The van der Waals surface area contributed by atoms with E-state index in [9.17, 15) is 4.79 Å². The van der Waals surface area contributed by atoms with Crippen LogP contribution in [0.4, 0.5) is 10.6 Å². The van der Waals surface area contributed by atoms with Gasteiger partial charge in [-0.05, 0) is 55.7 Å². The number of carbonyl (C=O) groups excluding carboxylic acids is 1. The molecule has 4 heterocycles. The number of rotatable bonds is 2. The third-order valence-corrected chi connectivity index (χ3v) is 7.50. The molecule has 28 heavy (non-hydrogen) atoms. The number of fused-ring (bicyclic) bond motifs is 1. The van der Waals surface area contributed by atoms with Crippen molar-refractivity contribution in [3.63, 3.8) is 0 Å². The van der Waals surface area contributed by atoms with Crippen molar-refractivity contribution >= 4 is 62.8 Å². The molecule has 0 saturated carbocycles. The molecule has 1 spiro atoms. The van der Waals surface area contributed by atoms with Crippen LogP contribution in [-0.4, -0.2) is 57.3 Å². The molecule has 2 atom stereocenters. The molecule has 1 amide bonds. The van der Waals surface area contributed by atoms with E-state index in [0.29, 0.717) is 11.5 Å². The molecule has 0 radical (unpaired) electrons. The first-order chi connectivity index (χ1) is 13.2. The van der Waals surface area contributed by atoms with Gasteiger partial charge in [0.25, 0.3) is 0 Å². The lowest BCUT2D eigenvalue weighted by Gasteiger charge is -2.27. The van der Waals surface area contributed by atoms with E-state index in [1.807, 2.05) is 42.4 Å². The molecule has 0 bridgehead atoms. The number of amides is 1. The molecule has 2 fully saturated rings. The van der Waals surface area contributed by atoms with Crippen LogP contribution < -0.4 is 4.90 Å². The van der Waals surface area contributed by atoms with Crippen molar-refractivity contribution in [2.45, 2.75) is 39.2 Å². The Bertz CT molecular complexity index is 917. The van der Waals surface area contributed by atoms with Crippen LogP contribution in [0.15, 0.2) is 12.3 Å². The summed E-state index contributed by atoms with van der Waals surface area (Å²) in [4.78, 5) is 20.9. The molecule has 0 aromatic carbocycles. The lowest BCUT2D eigenvalue weighted by Crippen LogP contribution is -2.37. The summed E-state index contributed by atoms with van der Waals surface area (Å²) in [6.45, 7) is 9.04. The van der Waals surface area contributed by atoms with E-state index in [4.69, 9.17) is 21.4 Å². The zero-order valence-corrected chi connectivity index (χ0v) is 20.1. The Morgan fingerprint density at radius 3 is 2.79 bits per heavy atom. The molecule has 2 saturated heterocycles. The van der Waals surface area contributed by atoms with Gasteiger partial charge in [-0.25, -0.2) is 14.2 Å². The molecule has 2 aliphatic rings. The monoisotopic (exact) mass is 535 g/mol. The van der Waals surface area contributed by atoms with Crippen LogP contribution in [0, 0.1) is 5.41 Å². The largest absolute Gasteiger partial charge is 0.444 e. The number of pyridine rings is 1. The predicted octanol–water partition coefficient (Wildman–Crippen LogP) is 4.71. The predicted molar refractivity (Wildman–Crippen MR) is 122 cm³/mol. The Kier molecular flexibility index (Phi) is 5.42. The van der Waals surface area contributed by atoms with Gasteiger partial charge in [-0.3, -0.25) is 0 Å². The average Bonchev–Trinajstić information content (AvgIpc) is 3.31. The SMILES string of the molecule is CC(C)(C)OC(=O)N1CCC2(CCN(c3nn(PI)c4cc(Cl)ncc34)C2)C1. The first-order valence-electron chi connectivity index (χ1n) is 9.34. The Morgan fingerprint density at radius 1 is 1.32 bits per heavy atom. The minimum atomic E-state index is -0.464. The minimum Gasteiger partial charge on any atom is -0.444 e. The van der Waals surface area contributed by atoms with Crippen LogP contribution in [0.2, 0.25) is 5.15 Å². The number of hydrogen-bond acceptors (Lipinski definition) is 5. The second kappa shape index (κ2) is 7.43. The molecule has 0 N–H and O–H groups in total. The van der Waals surface area contributed by atoms with Crippen molar-refractivity contribution in [2.75, 3.05) is 31.1 Å². The maximum atomic E-state index is 12.5. The molecular formula is C18H24ClIN5O2P. The van der Waals surface area contributed by atoms with Crippen LogP contribution in [0.5, 0.6) is 0 Å². The average molecular weight is 536 g/mol. The van der Waals surface area contributed by atoms with Gasteiger partial charge in [-0.2, -0.15) is 0 Å². The summed E-state index contributed by atoms with van der Waals surface area (Å²) >= 11 is 8.42. The minimum absolute atomic E-state index is 0.111. The Labute approximate surface area is 184 Å². The fourth-order valence-corrected chi connectivity index (χ4v) is 5.80. The van der Waals surface area contributed by atoms with E-state index >= 15 is 0 Å². The standard InChI is InChI=1S/C18H24ClIN5O2P/c1-17(2,3)27-16(26)24-7-5-18(11-24)4-6-23(10-18)15-12-9-21-14(19)8-13(12)25(22-15)28-20/h8-9,28H,4-7,10-11H2,1-3H3. The lowest BCUT2D eigenvalue weighted by atomic mass is 9.86. The fraction of sp³-hybridized carbons (Fsp3) is 0.611. The first kappa shape index (κ1) is 20.4. The molecule has 2 aromatic heterocycles. The number of likely N-dealkylation sites (tertiary alicyclic amines) is 1. The highest BCUT2D eigenvalue weighted by atomic mass is 127. The third-order valence-electron chi connectivity index (χ3n) is 5.42. The van der Waals surface area contributed by atoms with E-state index in [1.54, 1.807) is 0 Å². The zero-order chi connectivity index (χ0) is 20.1. The number of nitrogens with zero attached hydrogens (tertiary/aromatic N) is 5. The maximum Gasteiger partial charge on any atom is 0.410 e. The maximum absolute atomic E-state index is 12.5. The van der Waals surface area contributed by atoms with Crippen LogP contribution in [0.3, 0.4) is 0 Å². The van der Waals surface area contributed by atoms with E-state index in [0.717, 1.165) is 55.7 Å². The summed E-state index contributed by atoms with van der Waals surface area (Å²) in [7, 11) is 0. The molecule has 2 unspecified atom stereocenters. The smallest absolute Gasteiger partial charge is 0.410 e. The van der Waals surface area contributed by atoms with E-state index in [1.165, 1.54) is 0 Å². The Morgan fingerprint density at radius 2 is 2.07 bits per heavy atom. The van der Waals surface area contributed by atoms with Crippen LogP contribution in [0.25, 0.3) is 10.9 Å². The zero-order valence-electron chi connectivity index (χ0n) is 16.2. The fourth-order valence-electron chi connectivity index (χ4n) is 4.13. The quantitative estimate of drug-likeness (QED) is 0.317. The van der Waals surface area contributed by atoms with Gasteiger partial charge < -0.3 is 14.5 Å². The van der Waals surface area contributed by atoms with Gasteiger partial charge in [0.05, 0.1) is 17.3 Å². The van der Waals surface area contributed by atoms with Crippen molar-refractivity contribution in [1.82, 2.24) is 19.4 Å². The lowest BCUT2D eigenvalue weighted by molar-refractivity contribution is 0.0276. The third kappa shape index (κ3) is 3.92. The van der Waals surface area contributed by atoms with Gasteiger partial charge in [0.1, 0.15) is 10.8 Å². The molecule has 2 aliphatic heterocycles. The topological polar surface area (TPSA) is 63.5 Å². The van der Waals surface area contributed by atoms with E-state index < -0.39 is 5.60 Å². The van der Waals surface area contributed by atoms with Gasteiger partial charge in [-0.1, -0.05) is 11.6 Å². The summed E-state index contributed by atoms with van der Waals surface area (Å²) in [6.07, 6.45) is 4.16. The normalized spacial score (nSPS) is 23.0. The Balaban J connectivity index is 1.52. The number of anilines is 1. The summed E-state index contributed by atoms with van der Waals surface area (Å²) < 4.78 is 7.55. The molecule has 152 valence electrons. The summed E-state index contributed by atoms with van der Waals surface area (Å²) in [6, 6.07) is 1.88. The van der Waals surface area contributed by atoms with Gasteiger partial charge in [0, 0.05) is 43.9 Å². The van der Waals surface area contributed by atoms with Crippen LogP contribution in [-0.2, 0) is 4.74 Å². The summed E-state index contributed by atoms with van der Waals surface area (Å²) in [5.41, 5.74) is 0.666. The van der Waals surface area contributed by atoms with Crippen molar-refractivity contribution in [3.05, 3.63) is 17.4 Å². The number of aromatic nitrogens is 3. The Hall–Kier alpha value is -0.860. The summed E-state index contributed by atoms with van der Waals surface area (Å²) in [5.74, 6) is 0.968. The van der Waals surface area contributed by atoms with Gasteiger partial charge in [-0.15, -0.1) is 5.10 Å². The number of hydrogen-bond donors (Lipinski definition) is 0. The van der Waals surface area contributed by atoms with Gasteiger partial charge in [0.2, 0.25) is 0 Å². The highest BCUT2D eigenvalue weighted by Crippen LogP contribution is 2.43. The van der Waals surface area contributed by atoms with Crippen LogP contribution >= 0.6 is 40.0 Å². The second-order valence-corrected chi connectivity index (χ2v) is 11.1. The second-order valence-electron chi connectivity index (χ2n) is 8.67. The van der Waals surface area contributed by atoms with E-state index in [-0.39, 0.29) is 11.5 Å². The first-order valence-corrected chi connectivity index (χ1v) is 13.8. The van der Waals surface area contributed by atoms with Gasteiger partial charge in [0.15, 0.2) is 5.82 Å². The number of carbonyl (C=O) groups is 1. The highest BCUT2D eigenvalue weighted by Gasteiger charge is 2.46. The molecule has 10 heteroatoms. The number of halogens is 2. The van der Waals surface area contributed by atoms with Crippen molar-refractivity contribution in [2.24, 2.45) is 5.41 Å². The van der Waals surface area contributed by atoms with Crippen molar-refractivity contribution in [1.29, 1.82) is 0 Å². The summed E-state index contributed by atoms with van der Waals surface area (Å²) in [5, 5.41) is 6.35. The van der Waals surface area contributed by atoms with Gasteiger partial charge >= 0.3 is 6.09 Å². The molecular weight excluding hydrogens is 512 g/mol. The van der Waals surface area contributed by atoms with E-state index in [2.05, 4.69) is 31.9 Å². The molecule has 2 aromatic rings.